The summed E-state index contributed by atoms with van der Waals surface area (Å²) in [7, 11) is 0. The van der Waals surface area contributed by atoms with Crippen LogP contribution in [-0.4, -0.2) is 62.1 Å². The number of carbonyl (C=O) groups is 1. The second-order valence-electron chi connectivity index (χ2n) is 10.5. The zero-order valence-electron chi connectivity index (χ0n) is 23.3. The van der Waals surface area contributed by atoms with Crippen LogP contribution in [0.1, 0.15) is 50.7 Å². The van der Waals surface area contributed by atoms with Gasteiger partial charge in [0.25, 0.3) is 11.5 Å². The molecule has 0 spiro atoms. The molecule has 2 fully saturated rings. The van der Waals surface area contributed by atoms with E-state index >= 15 is 0 Å². The molecule has 1 aromatic carbocycles. The molecular formula is C31H37N5O2S2. The molecular weight excluding hydrogens is 539 g/mol. The molecule has 1 unspecified atom stereocenters. The fourth-order valence-corrected chi connectivity index (χ4v) is 6.64. The minimum Gasteiger partial charge on any atom is -0.353 e. The van der Waals surface area contributed by atoms with E-state index in [9.17, 15) is 9.59 Å². The van der Waals surface area contributed by atoms with Crippen molar-refractivity contribution in [2.75, 3.05) is 37.6 Å². The number of carbonyl (C=O) groups excluding carboxylic acids is 1. The zero-order chi connectivity index (χ0) is 28.1. The van der Waals surface area contributed by atoms with Gasteiger partial charge in [0.15, 0.2) is 0 Å². The lowest BCUT2D eigenvalue weighted by Crippen LogP contribution is -2.47. The van der Waals surface area contributed by atoms with Gasteiger partial charge in [-0.3, -0.25) is 23.8 Å². The van der Waals surface area contributed by atoms with Crippen molar-refractivity contribution in [2.24, 2.45) is 5.92 Å². The molecule has 2 saturated heterocycles. The Morgan fingerprint density at radius 1 is 1.02 bits per heavy atom. The second kappa shape index (κ2) is 13.1. The highest BCUT2D eigenvalue weighted by Gasteiger charge is 2.34. The molecule has 0 bridgehead atoms. The topological polar surface area (TPSA) is 61.2 Å². The maximum absolute atomic E-state index is 13.8. The van der Waals surface area contributed by atoms with Crippen molar-refractivity contribution in [2.45, 2.75) is 46.1 Å². The Hall–Kier alpha value is -3.01. The van der Waals surface area contributed by atoms with Crippen LogP contribution in [0.3, 0.4) is 0 Å². The van der Waals surface area contributed by atoms with Gasteiger partial charge in [-0.05, 0) is 36.1 Å². The highest BCUT2D eigenvalue weighted by Crippen LogP contribution is 2.35. The average Bonchev–Trinajstić information content (AvgIpc) is 3.24. The van der Waals surface area contributed by atoms with Gasteiger partial charge >= 0.3 is 0 Å². The summed E-state index contributed by atoms with van der Waals surface area (Å²) in [4.78, 5) is 39.0. The van der Waals surface area contributed by atoms with Crippen molar-refractivity contribution in [1.82, 2.24) is 19.2 Å². The molecule has 0 N–H and O–H groups in total. The number of nitrogens with zero attached hydrogens (tertiary/aromatic N) is 5. The summed E-state index contributed by atoms with van der Waals surface area (Å²) in [6.07, 6.45) is 7.83. The number of thioether (sulfide) groups is 1. The zero-order valence-corrected chi connectivity index (χ0v) is 24.9. The summed E-state index contributed by atoms with van der Waals surface area (Å²) in [5, 5.41) is 0. The Bertz CT molecular complexity index is 1450. The van der Waals surface area contributed by atoms with Gasteiger partial charge in [0.2, 0.25) is 0 Å². The largest absolute Gasteiger partial charge is 0.353 e. The van der Waals surface area contributed by atoms with E-state index in [2.05, 4.69) is 47.9 Å². The first-order chi connectivity index (χ1) is 19.5. The lowest BCUT2D eigenvalue weighted by Gasteiger charge is -2.36. The maximum Gasteiger partial charge on any atom is 0.267 e. The molecule has 1 atom stereocenters. The van der Waals surface area contributed by atoms with Gasteiger partial charge in [-0.25, -0.2) is 4.98 Å². The van der Waals surface area contributed by atoms with Crippen LogP contribution >= 0.6 is 24.0 Å². The SMILES string of the molecule is CCCCC(CC)CN1C(=O)C(=Cc2c(N3CCN(Cc4ccccc4)CC3)nc3ccccn3c2=O)SC1=S. The van der Waals surface area contributed by atoms with Gasteiger partial charge in [0.1, 0.15) is 15.8 Å². The number of piperazine rings is 1. The molecule has 2 aliphatic rings. The summed E-state index contributed by atoms with van der Waals surface area (Å²) in [6.45, 7) is 9.11. The van der Waals surface area contributed by atoms with Crippen molar-refractivity contribution in [1.29, 1.82) is 0 Å². The predicted molar refractivity (Wildman–Crippen MR) is 169 cm³/mol. The molecule has 2 aromatic heterocycles. The first-order valence-corrected chi connectivity index (χ1v) is 15.5. The van der Waals surface area contributed by atoms with Crippen molar-refractivity contribution in [3.63, 3.8) is 0 Å². The lowest BCUT2D eigenvalue weighted by atomic mass is 9.99. The van der Waals surface area contributed by atoms with Crippen LogP contribution in [0.5, 0.6) is 0 Å². The summed E-state index contributed by atoms with van der Waals surface area (Å²) < 4.78 is 2.12. The molecule has 40 heavy (non-hydrogen) atoms. The minimum absolute atomic E-state index is 0.110. The fraction of sp³-hybridized carbons (Fsp3) is 0.419. The van der Waals surface area contributed by atoms with E-state index in [0.29, 0.717) is 38.7 Å². The van der Waals surface area contributed by atoms with Crippen molar-refractivity contribution in [3.05, 3.63) is 81.1 Å². The Labute approximate surface area is 245 Å². The van der Waals surface area contributed by atoms with Gasteiger partial charge in [0, 0.05) is 45.5 Å². The smallest absolute Gasteiger partial charge is 0.267 e. The normalized spacial score (nSPS) is 18.3. The quantitative estimate of drug-likeness (QED) is 0.236. The lowest BCUT2D eigenvalue weighted by molar-refractivity contribution is -0.122. The third kappa shape index (κ3) is 6.32. The summed E-state index contributed by atoms with van der Waals surface area (Å²) in [5.74, 6) is 0.939. The van der Waals surface area contributed by atoms with E-state index in [0.717, 1.165) is 58.4 Å². The van der Waals surface area contributed by atoms with Crippen molar-refractivity contribution in [3.8, 4) is 0 Å². The highest BCUT2D eigenvalue weighted by atomic mass is 32.2. The number of benzene rings is 1. The molecule has 210 valence electrons. The van der Waals surface area contributed by atoms with Crippen molar-refractivity contribution >= 4 is 51.7 Å². The molecule has 0 radical (unpaired) electrons. The second-order valence-corrected chi connectivity index (χ2v) is 12.2. The number of unbranched alkanes of at least 4 members (excludes halogenated alkanes) is 1. The Kier molecular flexibility index (Phi) is 9.34. The number of pyridine rings is 1. The third-order valence-corrected chi connectivity index (χ3v) is 9.18. The van der Waals surface area contributed by atoms with Crippen LogP contribution in [0.2, 0.25) is 0 Å². The van der Waals surface area contributed by atoms with Crippen LogP contribution in [0.25, 0.3) is 11.7 Å². The van der Waals surface area contributed by atoms with Crippen LogP contribution in [0.15, 0.2) is 64.4 Å². The van der Waals surface area contributed by atoms with E-state index < -0.39 is 0 Å². The van der Waals surface area contributed by atoms with E-state index in [1.54, 1.807) is 21.6 Å². The molecule has 9 heteroatoms. The first-order valence-electron chi connectivity index (χ1n) is 14.3. The highest BCUT2D eigenvalue weighted by molar-refractivity contribution is 8.26. The maximum atomic E-state index is 13.8. The molecule has 1 amide bonds. The molecule has 4 heterocycles. The monoisotopic (exact) mass is 575 g/mol. The number of hydrogen-bond acceptors (Lipinski definition) is 7. The number of fused-ring (bicyclic) bond motifs is 1. The van der Waals surface area contributed by atoms with Gasteiger partial charge < -0.3 is 4.90 Å². The van der Waals surface area contributed by atoms with Gasteiger partial charge in [-0.15, -0.1) is 0 Å². The van der Waals surface area contributed by atoms with Crippen LogP contribution < -0.4 is 10.5 Å². The number of aromatic nitrogens is 2. The number of hydrogen-bond donors (Lipinski definition) is 0. The fourth-order valence-electron chi connectivity index (χ4n) is 5.38. The number of anilines is 1. The van der Waals surface area contributed by atoms with Gasteiger partial charge in [0.05, 0.1) is 10.5 Å². The van der Waals surface area contributed by atoms with Gasteiger partial charge in [-0.2, -0.15) is 0 Å². The van der Waals surface area contributed by atoms with Gasteiger partial charge in [-0.1, -0.05) is 93.5 Å². The average molecular weight is 576 g/mol. The molecule has 5 rings (SSSR count). The summed E-state index contributed by atoms with van der Waals surface area (Å²) in [5.41, 5.74) is 2.16. The van der Waals surface area contributed by atoms with Crippen molar-refractivity contribution < 1.29 is 4.79 Å². The molecule has 0 saturated carbocycles. The number of amides is 1. The standard InChI is InChI=1S/C31H37N5O2S2/c1-3-5-11-23(4-2)22-36-30(38)26(40-31(36)39)20-25-28(32-27-14-9-10-15-35(27)29(25)37)34-18-16-33(17-19-34)21-24-12-7-6-8-13-24/h6-10,12-15,20,23H,3-5,11,16-19,21-22H2,1-2H3. The molecule has 2 aliphatic heterocycles. The summed E-state index contributed by atoms with van der Waals surface area (Å²) in [6, 6.07) is 16.0. The van der Waals surface area contributed by atoms with E-state index in [-0.39, 0.29) is 11.5 Å². The van der Waals surface area contributed by atoms with Crippen LogP contribution in [0, 0.1) is 5.92 Å². The van der Waals surface area contributed by atoms with E-state index in [1.165, 1.54) is 17.3 Å². The molecule has 7 nitrogen and oxygen atoms in total. The molecule has 0 aliphatic carbocycles. The minimum atomic E-state index is -0.174. The van der Waals surface area contributed by atoms with Crippen LogP contribution in [-0.2, 0) is 11.3 Å². The summed E-state index contributed by atoms with van der Waals surface area (Å²) >= 11 is 6.93. The Balaban J connectivity index is 1.42. The van der Waals surface area contributed by atoms with E-state index in [1.807, 2.05) is 24.3 Å². The van der Waals surface area contributed by atoms with Crippen LogP contribution in [0.4, 0.5) is 5.82 Å². The third-order valence-electron chi connectivity index (χ3n) is 7.80. The van der Waals surface area contributed by atoms with E-state index in [4.69, 9.17) is 17.2 Å². The number of thiocarbonyl (C=S) groups is 1. The Morgan fingerprint density at radius 3 is 2.50 bits per heavy atom. The Morgan fingerprint density at radius 2 is 1.77 bits per heavy atom. The predicted octanol–water partition coefficient (Wildman–Crippen LogP) is 5.43. The number of rotatable bonds is 10. The first kappa shape index (κ1) is 28.5. The molecule has 3 aromatic rings.